The van der Waals surface area contributed by atoms with Gasteiger partial charge in [-0.05, 0) is 29.3 Å². The molecular weight excluding hydrogens is 340 g/mol. The number of hydrogen-bond acceptors (Lipinski definition) is 2. The molecule has 1 aliphatic heterocycles. The predicted molar refractivity (Wildman–Crippen MR) is 117 cm³/mol. The van der Waals surface area contributed by atoms with Crippen LogP contribution in [0.3, 0.4) is 0 Å². The van der Waals surface area contributed by atoms with Gasteiger partial charge >= 0.3 is 0 Å². The number of nitrogens with zero attached hydrogens (tertiary/aromatic N) is 2. The number of hydrogen-bond donors (Lipinski definition) is 0. The van der Waals surface area contributed by atoms with Crippen LogP contribution >= 0.6 is 0 Å². The Balaban J connectivity index is 1.40. The van der Waals surface area contributed by atoms with Crippen LogP contribution in [0, 0.1) is 0 Å². The Hall–Kier alpha value is -2.84. The Morgan fingerprint density at radius 3 is 1.68 bits per heavy atom. The lowest BCUT2D eigenvalue weighted by Crippen LogP contribution is -2.45. The molecule has 1 fully saturated rings. The zero-order valence-corrected chi connectivity index (χ0v) is 16.3. The molecule has 2 heteroatoms. The first-order chi connectivity index (χ1) is 13.9. The summed E-state index contributed by atoms with van der Waals surface area (Å²) in [7, 11) is 0. The number of rotatable bonds is 6. The fraction of sp³-hybridized carbons (Fsp3) is 0.231. The van der Waals surface area contributed by atoms with Crippen molar-refractivity contribution in [1.82, 2.24) is 9.80 Å². The van der Waals surface area contributed by atoms with Crippen LogP contribution < -0.4 is 0 Å². The molecule has 3 aromatic carbocycles. The fourth-order valence-electron chi connectivity index (χ4n) is 3.98. The van der Waals surface area contributed by atoms with Gasteiger partial charge in [0.1, 0.15) is 0 Å². The second-order valence-corrected chi connectivity index (χ2v) is 7.37. The summed E-state index contributed by atoms with van der Waals surface area (Å²) in [6, 6.07) is 32.8. The SMILES string of the molecule is C(=C\N1CCN(C(c2ccccc2)c2ccccc2)CC1)/Cc1ccccc1. The molecule has 0 bridgehead atoms. The summed E-state index contributed by atoms with van der Waals surface area (Å²) in [6.45, 7) is 4.29. The average molecular weight is 369 g/mol. The lowest BCUT2D eigenvalue weighted by atomic mass is 9.96. The molecule has 0 unspecified atom stereocenters. The van der Waals surface area contributed by atoms with Crippen molar-refractivity contribution in [2.75, 3.05) is 26.2 Å². The Kier molecular flexibility index (Phi) is 6.21. The van der Waals surface area contributed by atoms with Gasteiger partial charge in [0.05, 0.1) is 6.04 Å². The fourth-order valence-corrected chi connectivity index (χ4v) is 3.98. The van der Waals surface area contributed by atoms with Crippen molar-refractivity contribution in [2.24, 2.45) is 0 Å². The van der Waals surface area contributed by atoms with Crippen molar-refractivity contribution >= 4 is 0 Å². The van der Waals surface area contributed by atoms with Crippen molar-refractivity contribution in [2.45, 2.75) is 12.5 Å². The van der Waals surface area contributed by atoms with E-state index in [9.17, 15) is 0 Å². The summed E-state index contributed by atoms with van der Waals surface area (Å²) in [5, 5.41) is 0. The number of piperazine rings is 1. The van der Waals surface area contributed by atoms with E-state index < -0.39 is 0 Å². The van der Waals surface area contributed by atoms with Gasteiger partial charge in [0, 0.05) is 26.2 Å². The molecule has 0 saturated carbocycles. The number of allylic oxidation sites excluding steroid dienone is 1. The Bertz CT molecular complexity index is 811. The summed E-state index contributed by atoms with van der Waals surface area (Å²) in [5.74, 6) is 0. The summed E-state index contributed by atoms with van der Waals surface area (Å²) in [6.07, 6.45) is 5.57. The highest BCUT2D eigenvalue weighted by Gasteiger charge is 2.25. The molecule has 4 rings (SSSR count). The van der Waals surface area contributed by atoms with Gasteiger partial charge in [-0.25, -0.2) is 0 Å². The van der Waals surface area contributed by atoms with Gasteiger partial charge in [0.25, 0.3) is 0 Å². The van der Waals surface area contributed by atoms with Gasteiger partial charge in [-0.15, -0.1) is 0 Å². The summed E-state index contributed by atoms with van der Waals surface area (Å²) in [4.78, 5) is 5.07. The van der Waals surface area contributed by atoms with Crippen molar-refractivity contribution in [3.8, 4) is 0 Å². The van der Waals surface area contributed by atoms with E-state index in [0.29, 0.717) is 6.04 Å². The van der Waals surface area contributed by atoms with Crippen LogP contribution in [0.1, 0.15) is 22.7 Å². The Labute approximate surface area is 168 Å². The molecular formula is C26H28N2. The second kappa shape index (κ2) is 9.38. The normalized spacial score (nSPS) is 15.4. The number of benzene rings is 3. The summed E-state index contributed by atoms with van der Waals surface area (Å²) < 4.78 is 0. The average Bonchev–Trinajstić information content (AvgIpc) is 2.77. The zero-order chi connectivity index (χ0) is 19.0. The lowest BCUT2D eigenvalue weighted by molar-refractivity contribution is 0.139. The third kappa shape index (κ3) is 4.71. The topological polar surface area (TPSA) is 6.48 Å². The smallest absolute Gasteiger partial charge is 0.0603 e. The third-order valence-electron chi connectivity index (χ3n) is 5.46. The van der Waals surface area contributed by atoms with Crippen LogP contribution in [0.15, 0.2) is 103 Å². The van der Waals surface area contributed by atoms with Crippen molar-refractivity contribution in [1.29, 1.82) is 0 Å². The highest BCUT2D eigenvalue weighted by atomic mass is 15.3. The molecule has 0 spiro atoms. The van der Waals surface area contributed by atoms with E-state index in [1.54, 1.807) is 0 Å². The molecule has 0 aliphatic carbocycles. The minimum atomic E-state index is 0.331. The molecule has 3 aromatic rings. The molecule has 1 aliphatic rings. The molecule has 0 amide bonds. The van der Waals surface area contributed by atoms with E-state index in [0.717, 1.165) is 32.6 Å². The highest BCUT2D eigenvalue weighted by molar-refractivity contribution is 5.32. The van der Waals surface area contributed by atoms with E-state index in [1.165, 1.54) is 16.7 Å². The van der Waals surface area contributed by atoms with E-state index in [-0.39, 0.29) is 0 Å². The van der Waals surface area contributed by atoms with Gasteiger partial charge < -0.3 is 4.90 Å². The van der Waals surface area contributed by atoms with Gasteiger partial charge in [0.15, 0.2) is 0 Å². The summed E-state index contributed by atoms with van der Waals surface area (Å²) >= 11 is 0. The van der Waals surface area contributed by atoms with Gasteiger partial charge in [0.2, 0.25) is 0 Å². The van der Waals surface area contributed by atoms with Crippen LogP contribution in [0.25, 0.3) is 0 Å². The molecule has 142 valence electrons. The van der Waals surface area contributed by atoms with Crippen LogP contribution in [-0.4, -0.2) is 36.0 Å². The van der Waals surface area contributed by atoms with E-state index in [1.807, 2.05) is 0 Å². The first kappa shape index (κ1) is 18.5. The predicted octanol–water partition coefficient (Wildman–Crippen LogP) is 5.15. The van der Waals surface area contributed by atoms with Gasteiger partial charge in [-0.2, -0.15) is 0 Å². The molecule has 28 heavy (non-hydrogen) atoms. The maximum Gasteiger partial charge on any atom is 0.0603 e. The first-order valence-electron chi connectivity index (χ1n) is 10.2. The molecule has 2 nitrogen and oxygen atoms in total. The standard InChI is InChI=1S/C26H28N2/c1-4-11-23(12-5-1)13-10-18-27-19-21-28(22-20-27)26(24-14-6-2-7-15-24)25-16-8-3-9-17-25/h1-12,14-18,26H,13,19-22H2/b18-10+. The molecule has 0 atom stereocenters. The molecule has 0 N–H and O–H groups in total. The second-order valence-electron chi connectivity index (χ2n) is 7.37. The van der Waals surface area contributed by atoms with Crippen LogP contribution in [0.2, 0.25) is 0 Å². The van der Waals surface area contributed by atoms with Crippen molar-refractivity contribution in [3.63, 3.8) is 0 Å². The quantitative estimate of drug-likeness (QED) is 0.594. The van der Waals surface area contributed by atoms with E-state index in [4.69, 9.17) is 0 Å². The minimum absolute atomic E-state index is 0.331. The van der Waals surface area contributed by atoms with Crippen molar-refractivity contribution < 1.29 is 0 Å². The molecule has 0 radical (unpaired) electrons. The maximum absolute atomic E-state index is 2.62. The summed E-state index contributed by atoms with van der Waals surface area (Å²) in [5.41, 5.74) is 4.12. The lowest BCUT2D eigenvalue weighted by Gasteiger charge is -2.39. The molecule has 1 heterocycles. The van der Waals surface area contributed by atoms with Crippen LogP contribution in [0.4, 0.5) is 0 Å². The Morgan fingerprint density at radius 1 is 0.643 bits per heavy atom. The van der Waals surface area contributed by atoms with Crippen molar-refractivity contribution in [3.05, 3.63) is 120 Å². The largest absolute Gasteiger partial charge is 0.375 e. The monoisotopic (exact) mass is 368 g/mol. The van der Waals surface area contributed by atoms with Crippen LogP contribution in [-0.2, 0) is 6.42 Å². The minimum Gasteiger partial charge on any atom is -0.375 e. The third-order valence-corrected chi connectivity index (χ3v) is 5.46. The molecule has 1 saturated heterocycles. The molecule has 0 aromatic heterocycles. The first-order valence-corrected chi connectivity index (χ1v) is 10.2. The van der Waals surface area contributed by atoms with E-state index in [2.05, 4.69) is 113 Å². The van der Waals surface area contributed by atoms with E-state index >= 15 is 0 Å². The Morgan fingerprint density at radius 2 is 1.14 bits per heavy atom. The van der Waals surface area contributed by atoms with Crippen LogP contribution in [0.5, 0.6) is 0 Å². The maximum atomic E-state index is 2.62. The highest BCUT2D eigenvalue weighted by Crippen LogP contribution is 2.29. The van der Waals surface area contributed by atoms with Gasteiger partial charge in [-0.1, -0.05) is 97.1 Å². The zero-order valence-electron chi connectivity index (χ0n) is 16.3. The van der Waals surface area contributed by atoms with Gasteiger partial charge in [-0.3, -0.25) is 4.90 Å².